The zero-order valence-corrected chi connectivity index (χ0v) is 19.9. The fraction of sp³-hybridized carbons (Fsp3) is 0.692. The van der Waals surface area contributed by atoms with Gasteiger partial charge in [0.15, 0.2) is 0 Å². The van der Waals surface area contributed by atoms with Crippen LogP contribution in [-0.2, 0) is 21.7 Å². The number of hydrogen-bond acceptors (Lipinski definition) is 2. The van der Waals surface area contributed by atoms with Crippen LogP contribution in [0.3, 0.4) is 0 Å². The van der Waals surface area contributed by atoms with Gasteiger partial charge in [0.05, 0.1) is 5.41 Å². The number of rotatable bonds is 4. The summed E-state index contributed by atoms with van der Waals surface area (Å²) >= 11 is 0. The summed E-state index contributed by atoms with van der Waals surface area (Å²) in [5.74, 6) is -1.56. The van der Waals surface area contributed by atoms with Crippen molar-refractivity contribution in [1.29, 1.82) is 0 Å². The number of alkyl halides is 7. The van der Waals surface area contributed by atoms with Gasteiger partial charge in [0.2, 0.25) is 5.91 Å². The van der Waals surface area contributed by atoms with E-state index < -0.39 is 40.5 Å². The van der Waals surface area contributed by atoms with E-state index in [9.17, 15) is 45.4 Å². The molecule has 37 heavy (non-hydrogen) atoms. The van der Waals surface area contributed by atoms with Crippen molar-refractivity contribution in [2.45, 2.75) is 93.7 Å². The van der Waals surface area contributed by atoms with Gasteiger partial charge in [-0.3, -0.25) is 9.59 Å². The zero-order chi connectivity index (χ0) is 27.0. The first-order chi connectivity index (χ1) is 17.1. The van der Waals surface area contributed by atoms with Crippen LogP contribution < -0.4 is 5.32 Å². The van der Waals surface area contributed by atoms with Gasteiger partial charge in [-0.15, -0.1) is 0 Å². The summed E-state index contributed by atoms with van der Waals surface area (Å²) in [5, 5.41) is 12.8. The highest BCUT2D eigenvalue weighted by atomic mass is 19.4. The quantitative estimate of drug-likeness (QED) is 0.443. The molecule has 2 unspecified atom stereocenters. The predicted molar refractivity (Wildman–Crippen MR) is 117 cm³/mol. The number of nitrogens with one attached hydrogen (secondary N) is 1. The van der Waals surface area contributed by atoms with E-state index in [4.69, 9.17) is 0 Å². The van der Waals surface area contributed by atoms with Crippen molar-refractivity contribution in [2.75, 3.05) is 0 Å². The minimum atomic E-state index is -6.16. The van der Waals surface area contributed by atoms with E-state index >= 15 is 0 Å². The number of aliphatic carboxylic acids is 1. The molecule has 0 aliphatic heterocycles. The number of amides is 1. The van der Waals surface area contributed by atoms with Gasteiger partial charge in [-0.05, 0) is 87.2 Å². The number of carboxylic acid groups (broad SMARTS) is 1. The van der Waals surface area contributed by atoms with Crippen LogP contribution in [0.5, 0.6) is 0 Å². The summed E-state index contributed by atoms with van der Waals surface area (Å²) in [6, 6.07) is 2.44. The maximum absolute atomic E-state index is 14.6. The van der Waals surface area contributed by atoms with Crippen LogP contribution in [0.2, 0.25) is 0 Å². The van der Waals surface area contributed by atoms with Crippen LogP contribution in [0.1, 0.15) is 80.4 Å². The largest absolute Gasteiger partial charge is 0.481 e. The number of fused-ring (bicyclic) bond motifs is 6. The molecule has 2 N–H and O–H groups in total. The average Bonchev–Trinajstić information content (AvgIpc) is 3.27. The second-order valence-corrected chi connectivity index (χ2v) is 11.4. The molecule has 4 nitrogen and oxygen atoms in total. The molecule has 0 spiro atoms. The first-order valence-electron chi connectivity index (χ1n) is 12.6. The Balaban J connectivity index is 1.33. The Labute approximate surface area is 209 Å². The molecular formula is C26H28F7NO3. The third kappa shape index (κ3) is 3.93. The van der Waals surface area contributed by atoms with Gasteiger partial charge >= 0.3 is 24.0 Å². The summed E-state index contributed by atoms with van der Waals surface area (Å²) in [6.07, 6.45) is -7.31. The van der Waals surface area contributed by atoms with Crippen molar-refractivity contribution < 1.29 is 45.4 Å². The molecule has 0 radical (unpaired) electrons. The lowest BCUT2D eigenvalue weighted by atomic mass is 9.57. The maximum atomic E-state index is 14.6. The first kappa shape index (κ1) is 26.3. The zero-order valence-electron chi connectivity index (χ0n) is 19.9. The van der Waals surface area contributed by atoms with Crippen LogP contribution in [0, 0.1) is 17.3 Å². The van der Waals surface area contributed by atoms with Gasteiger partial charge in [-0.2, -0.15) is 26.3 Å². The number of hydrogen-bond donors (Lipinski definition) is 2. The Kier molecular flexibility index (Phi) is 5.92. The smallest absolute Gasteiger partial charge is 0.435 e. The third-order valence-corrected chi connectivity index (χ3v) is 9.72. The second-order valence-electron chi connectivity index (χ2n) is 11.4. The SMILES string of the molecule is O=C(NC12CCC(C(=O)O)(CC1)CC2)[C@@H]1CCC2c3ccc(C(F)(C(F)(F)F)C(F)(F)F)cc3CCC21. The van der Waals surface area contributed by atoms with Crippen LogP contribution in [0.15, 0.2) is 18.2 Å². The predicted octanol–water partition coefficient (Wildman–Crippen LogP) is 6.33. The molecule has 1 amide bonds. The summed E-state index contributed by atoms with van der Waals surface area (Å²) in [6.45, 7) is 0. The summed E-state index contributed by atoms with van der Waals surface area (Å²) in [7, 11) is 0. The van der Waals surface area contributed by atoms with E-state index in [2.05, 4.69) is 5.32 Å². The average molecular weight is 536 g/mol. The lowest BCUT2D eigenvalue weighted by molar-refractivity contribution is -0.348. The normalized spacial score (nSPS) is 33.5. The first-order valence-corrected chi connectivity index (χ1v) is 12.6. The molecule has 4 fully saturated rings. The van der Waals surface area contributed by atoms with E-state index in [1.54, 1.807) is 0 Å². The van der Waals surface area contributed by atoms with Crippen molar-refractivity contribution in [3.8, 4) is 0 Å². The van der Waals surface area contributed by atoms with E-state index in [-0.39, 0.29) is 35.6 Å². The highest BCUT2D eigenvalue weighted by molar-refractivity contribution is 5.81. The van der Waals surface area contributed by atoms with Crippen molar-refractivity contribution in [3.63, 3.8) is 0 Å². The number of carbonyl (C=O) groups is 2. The van der Waals surface area contributed by atoms with E-state index in [0.29, 0.717) is 75.5 Å². The molecule has 5 aliphatic rings. The fourth-order valence-electron chi connectivity index (χ4n) is 7.44. The van der Waals surface area contributed by atoms with Gasteiger partial charge in [0, 0.05) is 17.0 Å². The highest BCUT2D eigenvalue weighted by Crippen LogP contribution is 2.56. The Morgan fingerprint density at radius 2 is 1.46 bits per heavy atom. The maximum Gasteiger partial charge on any atom is 0.435 e. The van der Waals surface area contributed by atoms with Gasteiger partial charge in [-0.25, -0.2) is 4.39 Å². The lowest BCUT2D eigenvalue weighted by Gasteiger charge is -2.52. The molecule has 3 atom stereocenters. The van der Waals surface area contributed by atoms with Gasteiger partial charge in [0.25, 0.3) is 0 Å². The molecule has 5 aliphatic carbocycles. The van der Waals surface area contributed by atoms with Gasteiger partial charge in [-0.1, -0.05) is 18.2 Å². The standard InChI is InChI=1S/C26H28F7NO3/c27-24(25(28,29)30,26(31,32)33)15-2-4-16-14(13-15)1-3-18-17(16)5-6-19(18)20(35)34-23-10-7-22(8-11-23,9-12-23)21(36)37/h2,4,13,17-19H,1,3,5-12H2,(H,34,35)(H,36,37)/t17?,18?,19-,22?,23?/m1/s1. The Hall–Kier alpha value is -2.33. The van der Waals surface area contributed by atoms with Crippen molar-refractivity contribution in [2.24, 2.45) is 17.3 Å². The second kappa shape index (κ2) is 8.33. The number of benzene rings is 1. The van der Waals surface area contributed by atoms with Gasteiger partial charge in [0.1, 0.15) is 0 Å². The van der Waals surface area contributed by atoms with Gasteiger partial charge < -0.3 is 10.4 Å². The summed E-state index contributed by atoms with van der Waals surface area (Å²) in [5.41, 5.74) is -7.20. The number of halogens is 7. The number of carbonyl (C=O) groups excluding carboxylic acids is 1. The fourth-order valence-corrected chi connectivity index (χ4v) is 7.44. The number of aryl methyl sites for hydroxylation is 1. The summed E-state index contributed by atoms with van der Waals surface area (Å²) < 4.78 is 93.9. The molecule has 1 aromatic carbocycles. The third-order valence-electron chi connectivity index (χ3n) is 9.72. The van der Waals surface area contributed by atoms with Crippen LogP contribution in [0.4, 0.5) is 30.7 Å². The van der Waals surface area contributed by atoms with E-state index in [1.165, 1.54) is 6.07 Å². The monoisotopic (exact) mass is 535 g/mol. The van der Waals surface area contributed by atoms with Crippen molar-refractivity contribution >= 4 is 11.9 Å². The van der Waals surface area contributed by atoms with Crippen molar-refractivity contribution in [1.82, 2.24) is 5.32 Å². The Morgan fingerprint density at radius 3 is 2.00 bits per heavy atom. The summed E-state index contributed by atoms with van der Waals surface area (Å²) in [4.78, 5) is 25.0. The topological polar surface area (TPSA) is 66.4 Å². The molecule has 1 aromatic rings. The molecule has 2 bridgehead atoms. The molecule has 0 aromatic heterocycles. The highest BCUT2D eigenvalue weighted by Gasteiger charge is 2.73. The molecule has 204 valence electrons. The lowest BCUT2D eigenvalue weighted by Crippen LogP contribution is -2.59. The molecule has 6 rings (SSSR count). The molecule has 11 heteroatoms. The molecule has 0 heterocycles. The van der Waals surface area contributed by atoms with Crippen LogP contribution in [-0.4, -0.2) is 34.9 Å². The van der Waals surface area contributed by atoms with Crippen LogP contribution in [0.25, 0.3) is 0 Å². The molecular weight excluding hydrogens is 507 g/mol. The molecule has 0 saturated heterocycles. The Morgan fingerprint density at radius 1 is 0.865 bits per heavy atom. The number of carboxylic acids is 1. The van der Waals surface area contributed by atoms with E-state index in [1.807, 2.05) is 0 Å². The molecule has 4 saturated carbocycles. The Bertz CT molecular complexity index is 1070. The minimum Gasteiger partial charge on any atom is -0.481 e. The van der Waals surface area contributed by atoms with Crippen LogP contribution >= 0.6 is 0 Å². The van der Waals surface area contributed by atoms with Crippen molar-refractivity contribution in [3.05, 3.63) is 34.9 Å². The van der Waals surface area contributed by atoms with E-state index in [0.717, 1.165) is 0 Å². The minimum absolute atomic E-state index is 0.111.